The third kappa shape index (κ3) is 2.77. The molecule has 1 rings (SSSR count). The summed E-state index contributed by atoms with van der Waals surface area (Å²) in [4.78, 5) is 19.7. The number of nitro benzene ring substituents is 1. The maximum absolute atomic E-state index is 10.6. The minimum Gasteiger partial charge on any atom is -0.259 e. The predicted molar refractivity (Wildman–Crippen MR) is 58.8 cm³/mol. The quantitative estimate of drug-likeness (QED) is 0.602. The molecule has 0 N–H and O–H groups in total. The summed E-state index contributed by atoms with van der Waals surface area (Å²) in [6.45, 7) is 1.31. The first-order chi connectivity index (χ1) is 7.41. The van der Waals surface area contributed by atoms with Crippen molar-refractivity contribution < 1.29 is 9.85 Å². The molecule has 0 aliphatic heterocycles. The molecular weight excluding hydrogens is 236 g/mol. The summed E-state index contributed by atoms with van der Waals surface area (Å²) in [5.74, 6) is 0. The van der Waals surface area contributed by atoms with Gasteiger partial charge in [-0.25, -0.2) is 0 Å². The lowest BCUT2D eigenvalue weighted by atomic mass is 10.2. The third-order valence-electron chi connectivity index (χ3n) is 1.83. The molecule has 0 bridgehead atoms. The minimum atomic E-state index is -0.638. The number of rotatable bonds is 3. The van der Waals surface area contributed by atoms with Gasteiger partial charge in [0.15, 0.2) is 0 Å². The van der Waals surface area contributed by atoms with Crippen LogP contribution >= 0.6 is 11.6 Å². The van der Waals surface area contributed by atoms with Crippen molar-refractivity contribution in [3.05, 3.63) is 54.7 Å². The predicted octanol–water partition coefficient (Wildman–Crippen LogP) is 2.89. The summed E-state index contributed by atoms with van der Waals surface area (Å²) in [7, 11) is 0. The average molecular weight is 243 g/mol. The number of hydrogen-bond donors (Lipinski definition) is 0. The fraction of sp³-hybridized carbons (Fsp3) is 0.111. The summed E-state index contributed by atoms with van der Waals surface area (Å²) in [6, 6.07) is 4.00. The Morgan fingerprint density at radius 2 is 2.00 bits per heavy atom. The van der Waals surface area contributed by atoms with Crippen molar-refractivity contribution in [1.29, 1.82) is 0 Å². The molecule has 0 heterocycles. The largest absolute Gasteiger partial charge is 0.288 e. The van der Waals surface area contributed by atoms with E-state index < -0.39 is 9.85 Å². The highest BCUT2D eigenvalue weighted by Crippen LogP contribution is 2.25. The van der Waals surface area contributed by atoms with Gasteiger partial charge in [-0.05, 0) is 11.6 Å². The topological polar surface area (TPSA) is 86.3 Å². The molecule has 84 valence electrons. The molecule has 7 heteroatoms. The first-order valence-corrected chi connectivity index (χ1v) is 4.56. The van der Waals surface area contributed by atoms with Gasteiger partial charge >= 0.3 is 0 Å². The molecule has 0 aromatic heterocycles. The van der Waals surface area contributed by atoms with Gasteiger partial charge in [-0.2, -0.15) is 0 Å². The van der Waals surface area contributed by atoms with Gasteiger partial charge in [0.25, 0.3) is 5.69 Å². The Kier molecular flexibility index (Phi) is 3.57. The second kappa shape index (κ2) is 4.71. The zero-order chi connectivity index (χ0) is 12.3. The second-order valence-electron chi connectivity index (χ2n) is 3.01. The highest BCUT2D eigenvalue weighted by atomic mass is 35.5. The van der Waals surface area contributed by atoms with E-state index in [1.807, 2.05) is 0 Å². The Labute approximate surface area is 95.4 Å². The van der Waals surface area contributed by atoms with Crippen molar-refractivity contribution in [2.75, 3.05) is 0 Å². The van der Waals surface area contributed by atoms with Gasteiger partial charge in [-0.1, -0.05) is 17.7 Å². The van der Waals surface area contributed by atoms with E-state index in [-0.39, 0.29) is 16.4 Å². The Bertz CT molecular complexity index is 484. The maximum Gasteiger partial charge on any atom is 0.288 e. The molecule has 0 unspecified atom stereocenters. The molecule has 0 radical (unpaired) electrons. The van der Waals surface area contributed by atoms with Gasteiger partial charge in [0, 0.05) is 19.1 Å². The fourth-order valence-electron chi connectivity index (χ4n) is 1.05. The van der Waals surface area contributed by atoms with E-state index in [2.05, 4.69) is 0 Å². The van der Waals surface area contributed by atoms with Crippen LogP contribution in [0.2, 0.25) is 5.02 Å². The standard InChI is InChI=1S/C9H7ClN2O4/c1-6(11(13)14)4-7-2-3-8(10)9(5-7)12(15)16/h2-5H,1H3/b6-4-. The molecule has 0 aliphatic carbocycles. The fourth-order valence-corrected chi connectivity index (χ4v) is 1.24. The summed E-state index contributed by atoms with van der Waals surface area (Å²) in [5.41, 5.74) is -0.00603. The number of nitro groups is 2. The summed E-state index contributed by atoms with van der Waals surface area (Å²) in [6.07, 6.45) is 1.24. The van der Waals surface area contributed by atoms with Crippen molar-refractivity contribution in [2.24, 2.45) is 0 Å². The van der Waals surface area contributed by atoms with Crippen molar-refractivity contribution in [3.63, 3.8) is 0 Å². The molecule has 1 aromatic rings. The Balaban J connectivity index is 3.18. The summed E-state index contributed by atoms with van der Waals surface area (Å²) in [5, 5.41) is 20.9. The van der Waals surface area contributed by atoms with Gasteiger partial charge in [0.1, 0.15) is 5.02 Å². The zero-order valence-electron chi connectivity index (χ0n) is 8.21. The molecule has 6 nitrogen and oxygen atoms in total. The van der Waals surface area contributed by atoms with E-state index in [0.717, 1.165) is 0 Å². The van der Waals surface area contributed by atoms with Gasteiger partial charge in [-0.15, -0.1) is 0 Å². The van der Waals surface area contributed by atoms with E-state index in [1.54, 1.807) is 0 Å². The molecule has 0 saturated heterocycles. The van der Waals surface area contributed by atoms with E-state index in [9.17, 15) is 20.2 Å². The van der Waals surface area contributed by atoms with Gasteiger partial charge in [0.2, 0.25) is 5.70 Å². The smallest absolute Gasteiger partial charge is 0.259 e. The number of nitrogens with zero attached hydrogens (tertiary/aromatic N) is 2. The third-order valence-corrected chi connectivity index (χ3v) is 2.15. The molecule has 16 heavy (non-hydrogen) atoms. The maximum atomic E-state index is 10.6. The normalized spacial score (nSPS) is 11.2. The molecule has 0 amide bonds. The van der Waals surface area contributed by atoms with Crippen molar-refractivity contribution in [3.8, 4) is 0 Å². The van der Waals surface area contributed by atoms with Gasteiger partial charge in [0.05, 0.1) is 9.85 Å². The molecule has 0 atom stereocenters. The Hall–Kier alpha value is -1.95. The van der Waals surface area contributed by atoms with E-state index in [4.69, 9.17) is 11.6 Å². The van der Waals surface area contributed by atoms with E-state index in [0.29, 0.717) is 5.56 Å². The van der Waals surface area contributed by atoms with Crippen LogP contribution in [-0.4, -0.2) is 9.85 Å². The van der Waals surface area contributed by atoms with Crippen LogP contribution in [0.25, 0.3) is 6.08 Å². The molecule has 0 spiro atoms. The van der Waals surface area contributed by atoms with Crippen LogP contribution in [0.4, 0.5) is 5.69 Å². The Morgan fingerprint density at radius 3 is 2.50 bits per heavy atom. The highest BCUT2D eigenvalue weighted by molar-refractivity contribution is 6.32. The van der Waals surface area contributed by atoms with Crippen LogP contribution in [0.15, 0.2) is 23.9 Å². The zero-order valence-corrected chi connectivity index (χ0v) is 8.97. The van der Waals surface area contributed by atoms with Gasteiger partial charge in [-0.3, -0.25) is 20.2 Å². The minimum absolute atomic E-state index is 0.000839. The summed E-state index contributed by atoms with van der Waals surface area (Å²) >= 11 is 5.59. The first-order valence-electron chi connectivity index (χ1n) is 4.18. The summed E-state index contributed by atoms with van der Waals surface area (Å²) < 4.78 is 0. The number of hydrogen-bond acceptors (Lipinski definition) is 4. The first kappa shape index (κ1) is 12.1. The molecule has 0 fully saturated rings. The lowest BCUT2D eigenvalue weighted by Crippen LogP contribution is -1.94. The van der Waals surface area contributed by atoms with E-state index >= 15 is 0 Å². The highest BCUT2D eigenvalue weighted by Gasteiger charge is 2.13. The molecule has 1 aromatic carbocycles. The number of benzene rings is 1. The van der Waals surface area contributed by atoms with Crippen LogP contribution in [-0.2, 0) is 0 Å². The van der Waals surface area contributed by atoms with E-state index in [1.165, 1.54) is 31.2 Å². The lowest BCUT2D eigenvalue weighted by molar-refractivity contribution is -0.422. The molecule has 0 saturated carbocycles. The number of halogens is 1. The second-order valence-corrected chi connectivity index (χ2v) is 3.42. The van der Waals surface area contributed by atoms with Crippen LogP contribution in [0.1, 0.15) is 12.5 Å². The van der Waals surface area contributed by atoms with Crippen LogP contribution in [0.5, 0.6) is 0 Å². The van der Waals surface area contributed by atoms with Crippen molar-refractivity contribution in [2.45, 2.75) is 6.92 Å². The Morgan fingerprint density at radius 1 is 1.38 bits per heavy atom. The number of allylic oxidation sites excluding steroid dienone is 1. The van der Waals surface area contributed by atoms with Crippen molar-refractivity contribution in [1.82, 2.24) is 0 Å². The van der Waals surface area contributed by atoms with Crippen LogP contribution in [0, 0.1) is 20.2 Å². The van der Waals surface area contributed by atoms with Gasteiger partial charge < -0.3 is 0 Å². The molecular formula is C9H7ClN2O4. The SMILES string of the molecule is C/C(=C/c1ccc(Cl)c([N+](=O)[O-])c1)[N+](=O)[O-]. The molecule has 0 aliphatic rings. The van der Waals surface area contributed by atoms with Crippen LogP contribution in [0.3, 0.4) is 0 Å². The van der Waals surface area contributed by atoms with Crippen molar-refractivity contribution >= 4 is 23.4 Å². The average Bonchev–Trinajstić information content (AvgIpc) is 2.20. The van der Waals surface area contributed by atoms with Crippen LogP contribution < -0.4 is 0 Å². The monoisotopic (exact) mass is 242 g/mol. The lowest BCUT2D eigenvalue weighted by Gasteiger charge is -1.97.